The van der Waals surface area contributed by atoms with Gasteiger partial charge in [0.1, 0.15) is 5.75 Å². The molecule has 0 radical (unpaired) electrons. The van der Waals surface area contributed by atoms with Gasteiger partial charge in [-0.05, 0) is 61.2 Å². The number of hydrogen-bond acceptors (Lipinski definition) is 9. The zero-order valence-corrected chi connectivity index (χ0v) is 22.7. The third kappa shape index (κ3) is 16.2. The van der Waals surface area contributed by atoms with Crippen LogP contribution in [0.25, 0.3) is 0 Å². The topological polar surface area (TPSA) is 175 Å². The Morgan fingerprint density at radius 2 is 1.74 bits per heavy atom. The van der Waals surface area contributed by atoms with E-state index in [-0.39, 0.29) is 12.4 Å². The van der Waals surface area contributed by atoms with E-state index in [9.17, 15) is 23.7 Å². The third-order valence-electron chi connectivity index (χ3n) is 5.01. The van der Waals surface area contributed by atoms with Crippen LogP contribution >= 0.6 is 0 Å². The van der Waals surface area contributed by atoms with Gasteiger partial charge in [0.15, 0.2) is 0 Å². The number of unbranched alkanes of at least 4 members (excludes halogenated alkanes) is 2. The molecule has 214 valence electrons. The Morgan fingerprint density at radius 3 is 2.42 bits per heavy atom. The number of anilines is 1. The Morgan fingerprint density at radius 1 is 1.03 bits per heavy atom. The van der Waals surface area contributed by atoms with Crippen LogP contribution in [0.1, 0.15) is 49.0 Å². The first-order valence-electron chi connectivity index (χ1n) is 12.2. The molecule has 0 aliphatic rings. The number of hydrogen-bond donors (Lipinski definition) is 6. The molecule has 0 unspecified atom stereocenters. The van der Waals surface area contributed by atoms with Gasteiger partial charge >= 0.3 is 0 Å². The van der Waals surface area contributed by atoms with Gasteiger partial charge in [-0.25, -0.2) is 8.42 Å². The maximum Gasteiger partial charge on any atom is 0.300 e. The number of benzene rings is 2. The average Bonchev–Trinajstić information content (AvgIpc) is 2.83. The number of ether oxygens (including phenoxy) is 2. The molecule has 12 heteroatoms. The van der Waals surface area contributed by atoms with Crippen molar-refractivity contribution in [1.82, 2.24) is 5.32 Å². The molecule has 0 aliphatic heterocycles. The lowest BCUT2D eigenvalue weighted by molar-refractivity contribution is -0.134. The Hall–Kier alpha value is -2.74. The lowest BCUT2D eigenvalue weighted by atomic mass is 10.1. The molecule has 0 aromatic heterocycles. The normalized spacial score (nSPS) is 11.9. The van der Waals surface area contributed by atoms with E-state index in [1.165, 1.54) is 6.07 Å². The second-order valence-electron chi connectivity index (χ2n) is 8.59. The van der Waals surface area contributed by atoms with E-state index in [0.717, 1.165) is 44.6 Å². The summed E-state index contributed by atoms with van der Waals surface area (Å²) in [6.07, 6.45) is 3.30. The third-order valence-corrected chi connectivity index (χ3v) is 5.62. The maximum atomic E-state index is 11.3. The van der Waals surface area contributed by atoms with Crippen LogP contribution in [-0.2, 0) is 37.5 Å². The van der Waals surface area contributed by atoms with Gasteiger partial charge in [0.05, 0.1) is 38.8 Å². The zero-order chi connectivity index (χ0) is 28.4. The van der Waals surface area contributed by atoms with E-state index in [2.05, 4.69) is 10.0 Å². The fourth-order valence-electron chi connectivity index (χ4n) is 3.28. The summed E-state index contributed by atoms with van der Waals surface area (Å²) >= 11 is 0. The molecule has 2 aromatic carbocycles. The van der Waals surface area contributed by atoms with Gasteiger partial charge in [0, 0.05) is 31.3 Å². The fourth-order valence-corrected chi connectivity index (χ4v) is 3.83. The van der Waals surface area contributed by atoms with Crippen molar-refractivity contribution < 1.29 is 43.1 Å². The van der Waals surface area contributed by atoms with E-state index >= 15 is 0 Å². The Labute approximate surface area is 224 Å². The Balaban J connectivity index is 0.00000168. The molecule has 38 heavy (non-hydrogen) atoms. The zero-order valence-electron chi connectivity index (χ0n) is 21.9. The number of carboxylic acid groups (broad SMARTS) is 1. The van der Waals surface area contributed by atoms with Crippen LogP contribution in [0.4, 0.5) is 5.69 Å². The molecule has 0 amide bonds. The smallest absolute Gasteiger partial charge is 0.300 e. The minimum Gasteiger partial charge on any atom is -0.508 e. The second-order valence-corrected chi connectivity index (χ2v) is 10.3. The summed E-state index contributed by atoms with van der Waals surface area (Å²) in [5.41, 5.74) is 2.45. The van der Waals surface area contributed by atoms with Gasteiger partial charge in [-0.1, -0.05) is 18.2 Å². The number of rotatable bonds is 17. The summed E-state index contributed by atoms with van der Waals surface area (Å²) in [6.45, 7) is 3.97. The standard InChI is InChI=1S/C24H36N2O7S.C2H4O2/c1-34(30,31)26-22-7-5-6-19(14-22)18-33-13-12-32-11-4-2-3-10-25-16-24(29)20-8-9-23(28)21(15-20)17-27;1-2(3)4/h5-9,14-15,24-29H,2-4,10-13,16-18H2,1H3;1H3,(H,3,4)/t24-;/m0./s1. The van der Waals surface area contributed by atoms with E-state index in [1.807, 2.05) is 6.07 Å². The molecule has 0 saturated carbocycles. The molecule has 11 nitrogen and oxygen atoms in total. The average molecular weight is 557 g/mol. The molecule has 0 saturated heterocycles. The van der Waals surface area contributed by atoms with E-state index in [4.69, 9.17) is 19.4 Å². The van der Waals surface area contributed by atoms with Gasteiger partial charge in [-0.3, -0.25) is 9.52 Å². The number of sulfonamides is 1. The summed E-state index contributed by atoms with van der Waals surface area (Å²) in [5.74, 6) is -0.811. The Kier molecular flexibility index (Phi) is 16.2. The van der Waals surface area contributed by atoms with Gasteiger partial charge in [-0.2, -0.15) is 0 Å². The van der Waals surface area contributed by atoms with Gasteiger partial charge in [0.2, 0.25) is 10.0 Å². The predicted molar refractivity (Wildman–Crippen MR) is 144 cm³/mol. The number of phenols is 1. The number of aliphatic carboxylic acids is 1. The van der Waals surface area contributed by atoms with Crippen molar-refractivity contribution in [2.75, 3.05) is 43.9 Å². The van der Waals surface area contributed by atoms with Crippen molar-refractivity contribution in [3.63, 3.8) is 0 Å². The molecule has 2 rings (SSSR count). The summed E-state index contributed by atoms with van der Waals surface area (Å²) in [7, 11) is -3.30. The maximum absolute atomic E-state index is 11.3. The van der Waals surface area contributed by atoms with Crippen LogP contribution in [0, 0.1) is 0 Å². The lowest BCUT2D eigenvalue weighted by Gasteiger charge is -2.14. The molecule has 0 fully saturated rings. The fraction of sp³-hybridized carbons (Fsp3) is 0.500. The van der Waals surface area contributed by atoms with Crippen LogP contribution in [0.2, 0.25) is 0 Å². The molecule has 0 heterocycles. The number of carbonyl (C=O) groups is 1. The molecule has 0 bridgehead atoms. The first-order valence-corrected chi connectivity index (χ1v) is 14.1. The van der Waals surface area contributed by atoms with Crippen LogP contribution < -0.4 is 10.0 Å². The summed E-state index contributed by atoms with van der Waals surface area (Å²) in [6, 6.07) is 11.8. The molecule has 1 atom stereocenters. The van der Waals surface area contributed by atoms with Crippen molar-refractivity contribution in [2.24, 2.45) is 0 Å². The van der Waals surface area contributed by atoms with E-state index < -0.39 is 22.1 Å². The van der Waals surface area contributed by atoms with Crippen LogP contribution in [0.5, 0.6) is 5.75 Å². The Bertz CT molecular complexity index is 1060. The number of carboxylic acids is 1. The first kappa shape index (κ1) is 33.3. The quantitative estimate of drug-likeness (QED) is 0.159. The van der Waals surface area contributed by atoms with E-state index in [0.29, 0.717) is 49.8 Å². The predicted octanol–water partition coefficient (Wildman–Crippen LogP) is 2.37. The summed E-state index contributed by atoms with van der Waals surface area (Å²) in [5, 5.41) is 39.6. The van der Waals surface area contributed by atoms with Crippen LogP contribution in [0.3, 0.4) is 0 Å². The van der Waals surface area contributed by atoms with Crippen molar-refractivity contribution in [3.05, 3.63) is 59.2 Å². The molecular weight excluding hydrogens is 516 g/mol. The number of aliphatic hydroxyl groups excluding tert-OH is 2. The van der Waals surface area contributed by atoms with Crippen molar-refractivity contribution >= 4 is 21.7 Å². The highest BCUT2D eigenvalue weighted by atomic mass is 32.2. The van der Waals surface area contributed by atoms with Crippen LogP contribution in [0.15, 0.2) is 42.5 Å². The largest absolute Gasteiger partial charge is 0.508 e. The highest BCUT2D eigenvalue weighted by molar-refractivity contribution is 7.92. The highest BCUT2D eigenvalue weighted by Gasteiger charge is 2.10. The number of aliphatic hydroxyl groups is 2. The van der Waals surface area contributed by atoms with Gasteiger partial charge in [-0.15, -0.1) is 0 Å². The second kappa shape index (κ2) is 18.5. The SMILES string of the molecule is CC(=O)O.CS(=O)(=O)Nc1cccc(COCCOCCCCCNC[C@H](O)c2ccc(O)c(CO)c2)c1. The lowest BCUT2D eigenvalue weighted by Crippen LogP contribution is -2.22. The monoisotopic (exact) mass is 556 g/mol. The summed E-state index contributed by atoms with van der Waals surface area (Å²) < 4.78 is 36.2. The molecule has 6 N–H and O–H groups in total. The van der Waals surface area contributed by atoms with Crippen molar-refractivity contribution in [2.45, 2.75) is 45.5 Å². The first-order chi connectivity index (χ1) is 18.0. The van der Waals surface area contributed by atoms with E-state index in [1.54, 1.807) is 30.3 Å². The molecular formula is C26H40N2O9S. The van der Waals surface area contributed by atoms with Gasteiger partial charge < -0.3 is 35.2 Å². The van der Waals surface area contributed by atoms with Crippen LogP contribution in [-0.4, -0.2) is 74.0 Å². The van der Waals surface area contributed by atoms with Crippen molar-refractivity contribution in [1.29, 1.82) is 0 Å². The van der Waals surface area contributed by atoms with Crippen molar-refractivity contribution in [3.8, 4) is 5.75 Å². The highest BCUT2D eigenvalue weighted by Crippen LogP contribution is 2.22. The molecule has 2 aromatic rings. The minimum atomic E-state index is -3.30. The molecule has 0 spiro atoms. The minimum absolute atomic E-state index is 0.0226. The number of nitrogens with one attached hydrogen (secondary N) is 2. The molecule has 0 aliphatic carbocycles. The number of aromatic hydroxyl groups is 1. The summed E-state index contributed by atoms with van der Waals surface area (Å²) in [4.78, 5) is 9.00. The van der Waals surface area contributed by atoms with Gasteiger partial charge in [0.25, 0.3) is 5.97 Å².